The van der Waals surface area contributed by atoms with Crippen LogP contribution in [0, 0.1) is 0 Å². The summed E-state index contributed by atoms with van der Waals surface area (Å²) in [5, 5.41) is 29.6. The largest absolute Gasteiger partial charge is 0.392 e. The molecule has 0 aliphatic carbocycles. The summed E-state index contributed by atoms with van der Waals surface area (Å²) >= 11 is 1.36. The molecule has 0 radical (unpaired) electrons. The number of thioether (sulfide) groups is 1. The molecule has 0 bridgehead atoms. The number of aliphatic hydroxyl groups excluding tert-OH is 3. The molecule has 3 N–H and O–H groups in total. The molecular weight excluding hydrogens is 288 g/mol. The van der Waals surface area contributed by atoms with E-state index in [1.165, 1.54) is 11.8 Å². The third-order valence-electron chi connectivity index (χ3n) is 2.99. The smallest absolute Gasteiger partial charge is 0.187 e. The van der Waals surface area contributed by atoms with Gasteiger partial charge >= 0.3 is 0 Å². The first-order valence-electron chi connectivity index (χ1n) is 6.64. The Balaban J connectivity index is 1.82. The van der Waals surface area contributed by atoms with Crippen molar-refractivity contribution in [1.29, 1.82) is 0 Å². The zero-order valence-corrected chi connectivity index (χ0v) is 12.3. The van der Waals surface area contributed by atoms with Crippen LogP contribution in [-0.2, 0) is 6.61 Å². The number of rotatable bonds is 7. The zero-order valence-electron chi connectivity index (χ0n) is 11.5. The van der Waals surface area contributed by atoms with Crippen LogP contribution in [0.2, 0.25) is 0 Å². The molecule has 2 aromatic rings. The molecular formula is C15H18N2O3S. The van der Waals surface area contributed by atoms with Gasteiger partial charge in [0.25, 0.3) is 0 Å². The Hall–Kier alpha value is -1.47. The van der Waals surface area contributed by atoms with E-state index in [4.69, 9.17) is 5.11 Å². The summed E-state index contributed by atoms with van der Waals surface area (Å²) < 4.78 is 0. The summed E-state index contributed by atoms with van der Waals surface area (Å²) in [6.07, 6.45) is 2.17. The minimum absolute atomic E-state index is 0.0211. The van der Waals surface area contributed by atoms with E-state index < -0.39 is 12.2 Å². The lowest BCUT2D eigenvalue weighted by Crippen LogP contribution is -2.15. The molecule has 0 saturated heterocycles. The molecule has 1 aromatic heterocycles. The van der Waals surface area contributed by atoms with Crippen molar-refractivity contribution < 1.29 is 15.3 Å². The maximum absolute atomic E-state index is 10.1. The van der Waals surface area contributed by atoms with Crippen molar-refractivity contribution in [3.63, 3.8) is 0 Å². The number of aromatic nitrogens is 2. The van der Waals surface area contributed by atoms with Crippen LogP contribution in [0.4, 0.5) is 0 Å². The summed E-state index contributed by atoms with van der Waals surface area (Å²) in [4.78, 5) is 8.12. The van der Waals surface area contributed by atoms with Gasteiger partial charge in [-0.3, -0.25) is 0 Å². The number of hydrogen-bond acceptors (Lipinski definition) is 6. The molecule has 0 fully saturated rings. The van der Waals surface area contributed by atoms with Crippen LogP contribution in [0.1, 0.15) is 23.7 Å². The van der Waals surface area contributed by atoms with E-state index in [-0.39, 0.29) is 13.0 Å². The SMILES string of the molecule is OCc1ccc([C@@H](O)C[C@@H](O)CSc2ncccn2)cc1. The predicted molar refractivity (Wildman–Crippen MR) is 80.7 cm³/mol. The van der Waals surface area contributed by atoms with Gasteiger partial charge in [0, 0.05) is 24.6 Å². The van der Waals surface area contributed by atoms with E-state index in [2.05, 4.69) is 9.97 Å². The van der Waals surface area contributed by atoms with Crippen LogP contribution in [0.25, 0.3) is 0 Å². The van der Waals surface area contributed by atoms with E-state index in [9.17, 15) is 10.2 Å². The molecule has 21 heavy (non-hydrogen) atoms. The van der Waals surface area contributed by atoms with Crippen molar-refractivity contribution in [3.8, 4) is 0 Å². The Kier molecular flexibility index (Phi) is 6.13. The quantitative estimate of drug-likeness (QED) is 0.531. The number of aliphatic hydroxyl groups is 3. The predicted octanol–water partition coefficient (Wildman–Crippen LogP) is 1.55. The minimum Gasteiger partial charge on any atom is -0.392 e. The van der Waals surface area contributed by atoms with Gasteiger partial charge in [-0.25, -0.2) is 9.97 Å². The highest BCUT2D eigenvalue weighted by atomic mass is 32.2. The molecule has 6 heteroatoms. The Bertz CT molecular complexity index is 536. The van der Waals surface area contributed by atoms with Crippen LogP contribution in [0.15, 0.2) is 47.9 Å². The number of benzene rings is 1. The molecule has 1 aromatic carbocycles. The molecule has 0 unspecified atom stereocenters. The van der Waals surface area contributed by atoms with Gasteiger partial charge in [-0.1, -0.05) is 36.0 Å². The lowest BCUT2D eigenvalue weighted by Gasteiger charge is -2.15. The molecule has 5 nitrogen and oxygen atoms in total. The Morgan fingerprint density at radius 3 is 2.33 bits per heavy atom. The summed E-state index contributed by atoms with van der Waals surface area (Å²) in [5.74, 6) is 0.426. The first-order valence-corrected chi connectivity index (χ1v) is 7.63. The fraction of sp³-hybridized carbons (Fsp3) is 0.333. The van der Waals surface area contributed by atoms with Gasteiger partial charge in [0.15, 0.2) is 5.16 Å². The Labute approximate surface area is 127 Å². The van der Waals surface area contributed by atoms with Gasteiger partial charge in [-0.05, 0) is 17.2 Å². The molecule has 0 aliphatic rings. The van der Waals surface area contributed by atoms with Crippen LogP contribution in [-0.4, -0.2) is 37.1 Å². The second-order valence-electron chi connectivity index (χ2n) is 4.65. The van der Waals surface area contributed by atoms with E-state index in [0.29, 0.717) is 10.9 Å². The van der Waals surface area contributed by atoms with Crippen LogP contribution < -0.4 is 0 Å². The highest BCUT2D eigenvalue weighted by Crippen LogP contribution is 2.22. The summed E-state index contributed by atoms with van der Waals surface area (Å²) in [5.41, 5.74) is 1.52. The monoisotopic (exact) mass is 306 g/mol. The summed E-state index contributed by atoms with van der Waals surface area (Å²) in [6, 6.07) is 8.78. The van der Waals surface area contributed by atoms with Crippen molar-refractivity contribution in [3.05, 3.63) is 53.9 Å². The molecule has 2 atom stereocenters. The third-order valence-corrected chi connectivity index (χ3v) is 4.01. The number of hydrogen-bond donors (Lipinski definition) is 3. The van der Waals surface area contributed by atoms with Crippen molar-refractivity contribution >= 4 is 11.8 Å². The Morgan fingerprint density at radius 1 is 1.05 bits per heavy atom. The van der Waals surface area contributed by atoms with Crippen molar-refractivity contribution in [2.24, 2.45) is 0 Å². The summed E-state index contributed by atoms with van der Waals surface area (Å²) in [6.45, 7) is -0.0211. The highest BCUT2D eigenvalue weighted by molar-refractivity contribution is 7.99. The third kappa shape index (κ3) is 5.09. The van der Waals surface area contributed by atoms with Gasteiger partial charge < -0.3 is 15.3 Å². The van der Waals surface area contributed by atoms with Gasteiger partial charge in [0.05, 0.1) is 18.8 Å². The molecule has 0 aliphatic heterocycles. The second-order valence-corrected chi connectivity index (χ2v) is 5.63. The first-order chi connectivity index (χ1) is 10.2. The molecule has 1 heterocycles. The zero-order chi connectivity index (χ0) is 15.1. The normalized spacial score (nSPS) is 13.9. The van der Waals surface area contributed by atoms with E-state index in [1.807, 2.05) is 0 Å². The minimum atomic E-state index is -0.731. The standard InChI is InChI=1S/C15H18N2O3S/c18-9-11-2-4-12(5-3-11)14(20)8-13(19)10-21-15-16-6-1-7-17-15/h1-7,13-14,18-20H,8-10H2/t13-,14+/m1/s1. The maximum Gasteiger partial charge on any atom is 0.187 e. The van der Waals surface area contributed by atoms with E-state index in [0.717, 1.165) is 11.1 Å². The molecule has 2 rings (SSSR count). The fourth-order valence-electron chi connectivity index (χ4n) is 1.84. The van der Waals surface area contributed by atoms with Crippen LogP contribution in [0.5, 0.6) is 0 Å². The van der Waals surface area contributed by atoms with E-state index in [1.54, 1.807) is 42.7 Å². The maximum atomic E-state index is 10.1. The lowest BCUT2D eigenvalue weighted by molar-refractivity contribution is 0.0930. The molecule has 0 saturated carbocycles. The van der Waals surface area contributed by atoms with Gasteiger partial charge in [0.1, 0.15) is 0 Å². The lowest BCUT2D eigenvalue weighted by atomic mass is 10.0. The first kappa shape index (κ1) is 15.9. The van der Waals surface area contributed by atoms with Crippen LogP contribution in [0.3, 0.4) is 0 Å². The Morgan fingerprint density at radius 2 is 1.71 bits per heavy atom. The molecule has 0 amide bonds. The van der Waals surface area contributed by atoms with Crippen molar-refractivity contribution in [2.75, 3.05) is 5.75 Å². The second kappa shape index (κ2) is 8.09. The molecule has 0 spiro atoms. The average Bonchev–Trinajstić information content (AvgIpc) is 2.54. The van der Waals surface area contributed by atoms with Crippen molar-refractivity contribution in [2.45, 2.75) is 30.4 Å². The van der Waals surface area contributed by atoms with E-state index >= 15 is 0 Å². The topological polar surface area (TPSA) is 86.5 Å². The fourth-order valence-corrected chi connectivity index (χ4v) is 2.59. The van der Waals surface area contributed by atoms with Crippen molar-refractivity contribution in [1.82, 2.24) is 9.97 Å². The number of nitrogens with zero attached hydrogens (tertiary/aromatic N) is 2. The van der Waals surface area contributed by atoms with Gasteiger partial charge in [-0.15, -0.1) is 0 Å². The van der Waals surface area contributed by atoms with Gasteiger partial charge in [0.2, 0.25) is 0 Å². The highest BCUT2D eigenvalue weighted by Gasteiger charge is 2.14. The van der Waals surface area contributed by atoms with Crippen LogP contribution >= 0.6 is 11.8 Å². The summed E-state index contributed by atoms with van der Waals surface area (Å²) in [7, 11) is 0. The molecule has 112 valence electrons. The average molecular weight is 306 g/mol. The van der Waals surface area contributed by atoms with Gasteiger partial charge in [-0.2, -0.15) is 0 Å².